The molecule has 0 aliphatic rings. The van der Waals surface area contributed by atoms with Crippen LogP contribution >= 0.6 is 34.8 Å². The summed E-state index contributed by atoms with van der Waals surface area (Å²) >= 11 is 22.4. The summed E-state index contributed by atoms with van der Waals surface area (Å²) in [7, 11) is 0. The highest BCUT2D eigenvalue weighted by Gasteiger charge is 2.32. The first-order valence-corrected chi connectivity index (χ1v) is 6.40. The molecule has 6 heteroatoms. The van der Waals surface area contributed by atoms with Gasteiger partial charge in [0.15, 0.2) is 0 Å². The van der Waals surface area contributed by atoms with E-state index >= 15 is 0 Å². The summed E-state index contributed by atoms with van der Waals surface area (Å²) in [5.74, 6) is 0.373. The van der Waals surface area contributed by atoms with Crippen molar-refractivity contribution in [1.82, 2.24) is 5.32 Å². The summed E-state index contributed by atoms with van der Waals surface area (Å²) in [6, 6.07) is 0. The van der Waals surface area contributed by atoms with E-state index in [2.05, 4.69) is 17.9 Å². The topological polar surface area (TPSA) is 29.1 Å². The summed E-state index contributed by atoms with van der Waals surface area (Å²) in [4.78, 5) is 10.8. The zero-order chi connectivity index (χ0) is 13.1. The summed E-state index contributed by atoms with van der Waals surface area (Å²) in [5.41, 5.74) is 0.899. The van der Waals surface area contributed by atoms with Crippen LogP contribution < -0.4 is 5.32 Å². The number of hydrogen-bond acceptors (Lipinski definition) is 2. The number of halogens is 3. The average Bonchev–Trinajstić information content (AvgIpc) is 1.99. The molecular formula is C10H15Cl3NOS-. The Bertz CT molecular complexity index is 290. The summed E-state index contributed by atoms with van der Waals surface area (Å²) < 4.78 is -1.65. The first-order chi connectivity index (χ1) is 7.09. The largest absolute Gasteiger partial charge is 0.719 e. The van der Waals surface area contributed by atoms with Gasteiger partial charge in [0.2, 0.25) is 4.46 Å². The number of allylic oxidation sites excluding steroid dienone is 1. The highest BCUT2D eigenvalue weighted by molar-refractivity contribution is 7.77. The molecule has 0 aliphatic heterocycles. The maximum Gasteiger partial charge on any atom is 0.225 e. The third-order valence-corrected chi connectivity index (χ3v) is 3.40. The number of carbonyl (C=O) groups is 1. The maximum atomic E-state index is 10.8. The van der Waals surface area contributed by atoms with Gasteiger partial charge in [-0.15, -0.1) is 0 Å². The second kappa shape index (κ2) is 6.29. The molecule has 1 N–H and O–H groups in total. The van der Waals surface area contributed by atoms with Crippen molar-refractivity contribution in [2.24, 2.45) is 11.8 Å². The number of amides is 1. The van der Waals surface area contributed by atoms with E-state index in [1.165, 1.54) is 0 Å². The molecule has 0 aromatic carbocycles. The minimum Gasteiger partial charge on any atom is -0.719 e. The fraction of sp³-hybridized carbons (Fsp3) is 0.700. The zero-order valence-corrected chi connectivity index (χ0v) is 12.7. The minimum atomic E-state index is -1.65. The molecule has 94 valence electrons. The molecule has 0 unspecified atom stereocenters. The van der Waals surface area contributed by atoms with Crippen LogP contribution in [-0.2, 0) is 12.6 Å². The number of rotatable bonds is 4. The van der Waals surface area contributed by atoms with Crippen molar-refractivity contribution in [3.8, 4) is 0 Å². The van der Waals surface area contributed by atoms with Crippen molar-refractivity contribution in [2.75, 3.05) is 0 Å². The smallest absolute Gasteiger partial charge is 0.225 e. The first-order valence-electron chi connectivity index (χ1n) is 4.86. The third kappa shape index (κ3) is 4.66. The van der Waals surface area contributed by atoms with Crippen molar-refractivity contribution in [3.63, 3.8) is 0 Å². The standard InChI is InChI=1S/C10H16Cl3NOS/c1-5(2)7(6(3)4)8(11)10(12,13)14-9(15)16/h5-6H,1-4H3,(H2,14,15,16)/p-1. The van der Waals surface area contributed by atoms with Gasteiger partial charge in [0, 0.05) is 0 Å². The Kier molecular flexibility index (Phi) is 6.41. The number of carbonyl (C=O) groups excluding carboxylic acids is 1. The highest BCUT2D eigenvalue weighted by Crippen LogP contribution is 2.37. The highest BCUT2D eigenvalue weighted by atomic mass is 35.5. The molecule has 0 fully saturated rings. The lowest BCUT2D eigenvalue weighted by atomic mass is 9.92. The number of alkyl halides is 2. The molecule has 0 bridgehead atoms. The second-order valence-electron chi connectivity index (χ2n) is 4.07. The van der Waals surface area contributed by atoms with Crippen LogP contribution in [0.4, 0.5) is 4.79 Å². The predicted molar refractivity (Wildman–Crippen MR) is 72.9 cm³/mol. The molecule has 16 heavy (non-hydrogen) atoms. The van der Waals surface area contributed by atoms with Gasteiger partial charge >= 0.3 is 0 Å². The lowest BCUT2D eigenvalue weighted by Crippen LogP contribution is -2.38. The van der Waals surface area contributed by atoms with Gasteiger partial charge in [-0.05, 0) is 17.4 Å². The van der Waals surface area contributed by atoms with Crippen LogP contribution in [0.25, 0.3) is 0 Å². The van der Waals surface area contributed by atoms with Gasteiger partial charge < -0.3 is 22.7 Å². The molecule has 0 aromatic heterocycles. The van der Waals surface area contributed by atoms with E-state index in [9.17, 15) is 4.79 Å². The van der Waals surface area contributed by atoms with Crippen LogP contribution in [0, 0.1) is 11.8 Å². The molecular weight excluding hydrogens is 289 g/mol. The van der Waals surface area contributed by atoms with Gasteiger partial charge in [-0.3, -0.25) is 0 Å². The molecule has 0 saturated heterocycles. The van der Waals surface area contributed by atoms with Crippen LogP contribution in [0.3, 0.4) is 0 Å². The number of hydrogen-bond donors (Lipinski definition) is 1. The molecule has 0 spiro atoms. The monoisotopic (exact) mass is 302 g/mol. The summed E-state index contributed by atoms with van der Waals surface area (Å²) in [6.07, 6.45) is 0. The average molecular weight is 304 g/mol. The lowest BCUT2D eigenvalue weighted by Gasteiger charge is -2.28. The van der Waals surface area contributed by atoms with Crippen LogP contribution in [0.5, 0.6) is 0 Å². The van der Waals surface area contributed by atoms with E-state index in [1.807, 2.05) is 27.7 Å². The van der Waals surface area contributed by atoms with Gasteiger partial charge in [-0.2, -0.15) is 0 Å². The van der Waals surface area contributed by atoms with Gasteiger partial charge in [-0.25, -0.2) is 0 Å². The fourth-order valence-corrected chi connectivity index (χ4v) is 2.68. The SMILES string of the molecule is CC(C)C(=C(Cl)C(Cl)(Cl)NC(=O)[S-])C(C)C. The second-order valence-corrected chi connectivity index (χ2v) is 6.14. The molecule has 0 rings (SSSR count). The lowest BCUT2D eigenvalue weighted by molar-refractivity contribution is 0.260. The molecule has 2 nitrogen and oxygen atoms in total. The third-order valence-electron chi connectivity index (χ3n) is 2.03. The van der Waals surface area contributed by atoms with Gasteiger partial charge in [0.25, 0.3) is 0 Å². The molecule has 0 radical (unpaired) electrons. The Morgan fingerprint density at radius 1 is 1.19 bits per heavy atom. The zero-order valence-electron chi connectivity index (χ0n) is 9.61. The molecule has 0 heterocycles. The van der Waals surface area contributed by atoms with Gasteiger partial charge in [0.1, 0.15) is 5.24 Å². The fourth-order valence-electron chi connectivity index (χ4n) is 1.54. The van der Waals surface area contributed by atoms with Crippen molar-refractivity contribution in [3.05, 3.63) is 10.6 Å². The van der Waals surface area contributed by atoms with Crippen molar-refractivity contribution < 1.29 is 4.79 Å². The maximum absolute atomic E-state index is 10.8. The molecule has 0 saturated carbocycles. The van der Waals surface area contributed by atoms with Crippen LogP contribution in [0.2, 0.25) is 0 Å². The van der Waals surface area contributed by atoms with Gasteiger partial charge in [-0.1, -0.05) is 62.5 Å². The van der Waals surface area contributed by atoms with E-state index < -0.39 is 9.70 Å². The summed E-state index contributed by atoms with van der Waals surface area (Å²) in [5, 5.41) is 1.71. The number of nitrogens with one attached hydrogen (secondary N) is 1. The Morgan fingerprint density at radius 2 is 1.56 bits per heavy atom. The van der Waals surface area contributed by atoms with Crippen molar-refractivity contribution in [2.45, 2.75) is 32.2 Å². The Morgan fingerprint density at radius 3 is 1.81 bits per heavy atom. The van der Waals surface area contributed by atoms with E-state index in [-0.39, 0.29) is 16.9 Å². The van der Waals surface area contributed by atoms with E-state index in [0.29, 0.717) is 0 Å². The van der Waals surface area contributed by atoms with E-state index in [4.69, 9.17) is 34.8 Å². The Labute approximate surface area is 117 Å². The van der Waals surface area contributed by atoms with Crippen LogP contribution in [0.15, 0.2) is 10.6 Å². The quantitative estimate of drug-likeness (QED) is 0.479. The van der Waals surface area contributed by atoms with Crippen molar-refractivity contribution >= 4 is 52.7 Å². The normalized spacial score (nSPS) is 11.8. The minimum absolute atomic E-state index is 0.186. The molecule has 0 aliphatic carbocycles. The predicted octanol–water partition coefficient (Wildman–Crippen LogP) is 4.18. The molecule has 0 atom stereocenters. The van der Waals surface area contributed by atoms with Crippen LogP contribution in [0.1, 0.15) is 27.7 Å². The van der Waals surface area contributed by atoms with Gasteiger partial charge in [0.05, 0.1) is 5.03 Å². The van der Waals surface area contributed by atoms with Crippen molar-refractivity contribution in [1.29, 1.82) is 0 Å². The Balaban J connectivity index is 5.30. The molecule has 1 amide bonds. The first kappa shape index (κ1) is 16.3. The Hall–Kier alpha value is 0.300. The van der Waals surface area contributed by atoms with E-state index in [0.717, 1.165) is 5.57 Å². The van der Waals surface area contributed by atoms with E-state index in [1.54, 1.807) is 0 Å². The van der Waals surface area contributed by atoms with Crippen LogP contribution in [-0.4, -0.2) is 9.70 Å². The summed E-state index contributed by atoms with van der Waals surface area (Å²) in [6.45, 7) is 7.93. The molecule has 0 aromatic rings.